The van der Waals surface area contributed by atoms with Crippen LogP contribution in [0.15, 0.2) is 40.1 Å². The van der Waals surface area contributed by atoms with E-state index in [2.05, 4.69) is 33.9 Å². The molecule has 0 bridgehead atoms. The van der Waals surface area contributed by atoms with Gasteiger partial charge in [0.25, 0.3) is 0 Å². The second-order valence-electron chi connectivity index (χ2n) is 3.01. The van der Waals surface area contributed by atoms with Crippen LogP contribution in [0.25, 0.3) is 0 Å². The maximum absolute atomic E-state index is 4.33. The second kappa shape index (κ2) is 5.19. The van der Waals surface area contributed by atoms with Crippen molar-refractivity contribution in [3.63, 3.8) is 0 Å². The average molecular weight is 236 g/mol. The smallest absolute Gasteiger partial charge is 0.0602 e. The Hall–Kier alpha value is -1.00. The molecule has 2 nitrogen and oxygen atoms in total. The highest BCUT2D eigenvalue weighted by molar-refractivity contribution is 8.00. The van der Waals surface area contributed by atoms with Crippen LogP contribution in [-0.4, -0.2) is 12.0 Å². The SMILES string of the molecule is CNc1ccnc(CSc2cccs2)c1. The molecule has 0 saturated carbocycles. The number of rotatable bonds is 4. The minimum Gasteiger partial charge on any atom is -0.388 e. The number of pyridine rings is 1. The molecule has 0 amide bonds. The Morgan fingerprint density at radius 2 is 2.40 bits per heavy atom. The van der Waals surface area contributed by atoms with Gasteiger partial charge in [-0.25, -0.2) is 0 Å². The van der Waals surface area contributed by atoms with E-state index in [9.17, 15) is 0 Å². The van der Waals surface area contributed by atoms with E-state index >= 15 is 0 Å². The van der Waals surface area contributed by atoms with E-state index in [0.29, 0.717) is 0 Å². The van der Waals surface area contributed by atoms with Gasteiger partial charge in [-0.3, -0.25) is 4.98 Å². The Balaban J connectivity index is 1.98. The fourth-order valence-corrected chi connectivity index (χ4v) is 2.89. The Morgan fingerprint density at radius 1 is 1.47 bits per heavy atom. The van der Waals surface area contributed by atoms with Crippen molar-refractivity contribution in [2.24, 2.45) is 0 Å². The van der Waals surface area contributed by atoms with E-state index in [1.807, 2.05) is 31.1 Å². The fourth-order valence-electron chi connectivity index (χ4n) is 1.20. The molecular formula is C11H12N2S2. The number of anilines is 1. The van der Waals surface area contributed by atoms with E-state index < -0.39 is 0 Å². The van der Waals surface area contributed by atoms with Gasteiger partial charge in [0.2, 0.25) is 0 Å². The number of aromatic nitrogens is 1. The van der Waals surface area contributed by atoms with Crippen LogP contribution in [0.1, 0.15) is 5.69 Å². The highest BCUT2D eigenvalue weighted by Crippen LogP contribution is 2.26. The largest absolute Gasteiger partial charge is 0.388 e. The molecule has 0 saturated heterocycles. The van der Waals surface area contributed by atoms with E-state index in [1.165, 1.54) is 4.21 Å². The molecule has 4 heteroatoms. The van der Waals surface area contributed by atoms with Crippen LogP contribution in [0.4, 0.5) is 5.69 Å². The Bertz CT molecular complexity index is 412. The van der Waals surface area contributed by atoms with E-state index in [4.69, 9.17) is 0 Å². The van der Waals surface area contributed by atoms with Crippen LogP contribution < -0.4 is 5.32 Å². The number of thiophene rings is 1. The first-order valence-electron chi connectivity index (χ1n) is 4.67. The molecule has 0 unspecified atom stereocenters. The maximum Gasteiger partial charge on any atom is 0.0602 e. The zero-order chi connectivity index (χ0) is 10.5. The van der Waals surface area contributed by atoms with Crippen LogP contribution in [-0.2, 0) is 5.75 Å². The number of nitrogens with zero attached hydrogens (tertiary/aromatic N) is 1. The lowest BCUT2D eigenvalue weighted by Crippen LogP contribution is -1.91. The van der Waals surface area contributed by atoms with Crippen LogP contribution in [0, 0.1) is 0 Å². The van der Waals surface area contributed by atoms with E-state index in [0.717, 1.165) is 17.1 Å². The van der Waals surface area contributed by atoms with Crippen LogP contribution in [0.3, 0.4) is 0 Å². The summed E-state index contributed by atoms with van der Waals surface area (Å²) in [6.07, 6.45) is 1.84. The van der Waals surface area contributed by atoms with Gasteiger partial charge in [-0.15, -0.1) is 23.1 Å². The van der Waals surface area contributed by atoms with Crippen molar-refractivity contribution in [3.05, 3.63) is 41.5 Å². The Labute approximate surface area is 97.8 Å². The molecule has 0 aliphatic carbocycles. The van der Waals surface area contributed by atoms with Crippen LogP contribution in [0.2, 0.25) is 0 Å². The van der Waals surface area contributed by atoms with E-state index in [-0.39, 0.29) is 0 Å². The quantitative estimate of drug-likeness (QED) is 0.823. The van der Waals surface area contributed by atoms with Crippen molar-refractivity contribution in [1.29, 1.82) is 0 Å². The molecule has 0 aliphatic heterocycles. The monoisotopic (exact) mass is 236 g/mol. The van der Waals surface area contributed by atoms with Crippen LogP contribution in [0.5, 0.6) is 0 Å². The minimum absolute atomic E-state index is 0.927. The van der Waals surface area contributed by atoms with Crippen molar-refractivity contribution in [2.75, 3.05) is 12.4 Å². The van der Waals surface area contributed by atoms with Gasteiger partial charge in [-0.2, -0.15) is 0 Å². The summed E-state index contributed by atoms with van der Waals surface area (Å²) in [5.41, 5.74) is 2.23. The fraction of sp³-hybridized carbons (Fsp3) is 0.182. The van der Waals surface area contributed by atoms with E-state index in [1.54, 1.807) is 11.3 Å². The first-order chi connectivity index (χ1) is 7.38. The predicted molar refractivity (Wildman–Crippen MR) is 67.7 cm³/mol. The number of nitrogens with one attached hydrogen (secondary N) is 1. The van der Waals surface area contributed by atoms with Gasteiger partial charge in [0.15, 0.2) is 0 Å². The van der Waals surface area contributed by atoms with Gasteiger partial charge in [0.05, 0.1) is 9.90 Å². The summed E-state index contributed by atoms with van der Waals surface area (Å²) in [6.45, 7) is 0. The third-order valence-corrected chi connectivity index (χ3v) is 4.13. The third-order valence-electron chi connectivity index (χ3n) is 1.96. The molecule has 0 fully saturated rings. The van der Waals surface area contributed by atoms with Gasteiger partial charge in [0.1, 0.15) is 0 Å². The molecule has 2 aromatic heterocycles. The second-order valence-corrected chi connectivity index (χ2v) is 5.23. The zero-order valence-electron chi connectivity index (χ0n) is 8.43. The number of thioether (sulfide) groups is 1. The normalized spacial score (nSPS) is 10.2. The van der Waals surface area contributed by atoms with Crippen molar-refractivity contribution >= 4 is 28.8 Å². The van der Waals surface area contributed by atoms with Crippen molar-refractivity contribution < 1.29 is 0 Å². The van der Waals surface area contributed by atoms with Gasteiger partial charge >= 0.3 is 0 Å². The van der Waals surface area contributed by atoms with Crippen molar-refractivity contribution in [3.8, 4) is 0 Å². The van der Waals surface area contributed by atoms with Gasteiger partial charge in [0, 0.05) is 24.7 Å². The average Bonchev–Trinajstić information content (AvgIpc) is 2.79. The highest BCUT2D eigenvalue weighted by Gasteiger charge is 1.99. The molecule has 0 atom stereocenters. The molecule has 1 N–H and O–H groups in total. The number of hydrogen-bond acceptors (Lipinski definition) is 4. The molecule has 2 rings (SSSR count). The summed E-state index contributed by atoms with van der Waals surface area (Å²) in [5, 5.41) is 5.21. The first-order valence-corrected chi connectivity index (χ1v) is 6.54. The van der Waals surface area contributed by atoms with Crippen LogP contribution >= 0.6 is 23.1 Å². The Kier molecular flexibility index (Phi) is 3.64. The summed E-state index contributed by atoms with van der Waals surface area (Å²) in [5.74, 6) is 0.927. The minimum atomic E-state index is 0.927. The molecule has 78 valence electrons. The lowest BCUT2D eigenvalue weighted by molar-refractivity contribution is 1.17. The summed E-state index contributed by atoms with van der Waals surface area (Å²) >= 11 is 3.60. The first kappa shape index (κ1) is 10.5. The lowest BCUT2D eigenvalue weighted by Gasteiger charge is -2.02. The summed E-state index contributed by atoms with van der Waals surface area (Å²) in [4.78, 5) is 4.33. The predicted octanol–water partition coefficient (Wildman–Crippen LogP) is 3.48. The Morgan fingerprint density at radius 3 is 3.13 bits per heavy atom. The summed E-state index contributed by atoms with van der Waals surface area (Å²) < 4.78 is 1.34. The topological polar surface area (TPSA) is 24.9 Å². The molecule has 0 radical (unpaired) electrons. The van der Waals surface area contributed by atoms with Crippen molar-refractivity contribution in [2.45, 2.75) is 9.96 Å². The maximum atomic E-state index is 4.33. The molecule has 0 aliphatic rings. The van der Waals surface area contributed by atoms with Crippen molar-refractivity contribution in [1.82, 2.24) is 4.98 Å². The summed E-state index contributed by atoms with van der Waals surface area (Å²) in [7, 11) is 1.92. The zero-order valence-corrected chi connectivity index (χ0v) is 10.1. The molecule has 2 aromatic rings. The summed E-state index contributed by atoms with van der Waals surface area (Å²) in [6, 6.07) is 8.27. The standard InChI is InChI=1S/C11H12N2S2/c1-12-9-4-5-13-10(7-9)8-15-11-3-2-6-14-11/h2-7H,8H2,1H3,(H,12,13). The third kappa shape index (κ3) is 2.97. The lowest BCUT2D eigenvalue weighted by atomic mass is 10.3. The molecule has 15 heavy (non-hydrogen) atoms. The number of hydrogen-bond donors (Lipinski definition) is 1. The molecule has 0 aromatic carbocycles. The molecule has 2 heterocycles. The van der Waals surface area contributed by atoms with Gasteiger partial charge in [-0.05, 0) is 23.6 Å². The molecular weight excluding hydrogens is 224 g/mol. The highest BCUT2D eigenvalue weighted by atomic mass is 32.2. The molecule has 0 spiro atoms. The van der Waals surface area contributed by atoms with Gasteiger partial charge in [-0.1, -0.05) is 6.07 Å². The van der Waals surface area contributed by atoms with Gasteiger partial charge < -0.3 is 5.32 Å².